The zero-order valence-corrected chi connectivity index (χ0v) is 20.4. The van der Waals surface area contributed by atoms with Crippen LogP contribution in [-0.2, 0) is 24.3 Å². The van der Waals surface area contributed by atoms with Gasteiger partial charge in [0.1, 0.15) is 6.04 Å². The van der Waals surface area contributed by atoms with Gasteiger partial charge >= 0.3 is 5.97 Å². The summed E-state index contributed by atoms with van der Waals surface area (Å²) in [5.74, 6) is -1.71. The fourth-order valence-corrected chi connectivity index (χ4v) is 5.84. The fourth-order valence-electron chi connectivity index (χ4n) is 3.65. The minimum absolute atomic E-state index is 0.0248. The highest BCUT2D eigenvalue weighted by Crippen LogP contribution is 2.34. The molecule has 0 radical (unpaired) electrons. The number of hydrogen-bond acceptors (Lipinski definition) is 6. The predicted octanol–water partition coefficient (Wildman–Crippen LogP) is 3.36. The highest BCUT2D eigenvalue weighted by molar-refractivity contribution is 9.10. The van der Waals surface area contributed by atoms with Crippen molar-refractivity contribution in [2.75, 3.05) is 12.0 Å². The fraction of sp³-hybridized carbons (Fsp3) is 0.318. The summed E-state index contributed by atoms with van der Waals surface area (Å²) in [7, 11) is -2.84. The lowest BCUT2D eigenvalue weighted by molar-refractivity contribution is -0.122. The number of sulfonamides is 1. The first-order chi connectivity index (χ1) is 14.9. The number of nitrogens with zero attached hydrogens (tertiary/aromatic N) is 2. The minimum atomic E-state index is -4.09. The summed E-state index contributed by atoms with van der Waals surface area (Å²) < 4.78 is 33.5. The third-order valence-electron chi connectivity index (χ3n) is 4.98. The summed E-state index contributed by atoms with van der Waals surface area (Å²) in [5, 5.41) is 0. The molecule has 32 heavy (non-hydrogen) atoms. The molecule has 1 aliphatic rings. The standard InChI is InChI=1S/C22H23BrN2O6S/c1-22(2,3)25(32(29,30)17-11-7-15(23)8-12-17)18-13-19(26)24(20(18)27)16-9-5-14(6-10-16)21(28)31-4/h5-12,18H,13H2,1-4H3. The zero-order valence-electron chi connectivity index (χ0n) is 18.0. The van der Waals surface area contributed by atoms with Crippen LogP contribution < -0.4 is 4.90 Å². The van der Waals surface area contributed by atoms with E-state index in [4.69, 9.17) is 0 Å². The molecule has 0 bridgehead atoms. The Bertz CT molecular complexity index is 1150. The number of benzene rings is 2. The lowest BCUT2D eigenvalue weighted by Crippen LogP contribution is -2.54. The number of carbonyl (C=O) groups excluding carboxylic acids is 3. The maximum absolute atomic E-state index is 13.5. The van der Waals surface area contributed by atoms with Crippen molar-refractivity contribution in [3.8, 4) is 0 Å². The van der Waals surface area contributed by atoms with Crippen molar-refractivity contribution < 1.29 is 27.5 Å². The van der Waals surface area contributed by atoms with Crippen molar-refractivity contribution in [2.45, 2.75) is 43.7 Å². The molecule has 0 spiro atoms. The third kappa shape index (κ3) is 4.48. The van der Waals surface area contributed by atoms with Crippen molar-refractivity contribution in [3.05, 3.63) is 58.6 Å². The van der Waals surface area contributed by atoms with Gasteiger partial charge in [0.2, 0.25) is 15.9 Å². The maximum atomic E-state index is 13.5. The van der Waals surface area contributed by atoms with E-state index in [0.717, 1.165) is 9.21 Å². The molecule has 10 heteroatoms. The Morgan fingerprint density at radius 1 is 1.06 bits per heavy atom. The number of amides is 2. The summed E-state index contributed by atoms with van der Waals surface area (Å²) in [6.07, 6.45) is -0.287. The van der Waals surface area contributed by atoms with Crippen molar-refractivity contribution in [1.82, 2.24) is 4.31 Å². The predicted molar refractivity (Wildman–Crippen MR) is 122 cm³/mol. The SMILES string of the molecule is COC(=O)c1ccc(N2C(=O)CC(N(C(C)(C)C)S(=O)(=O)c3ccc(Br)cc3)C2=O)cc1. The van der Waals surface area contributed by atoms with E-state index in [1.807, 2.05) is 0 Å². The van der Waals surface area contributed by atoms with Gasteiger partial charge in [0.15, 0.2) is 0 Å². The molecule has 0 N–H and O–H groups in total. The van der Waals surface area contributed by atoms with E-state index in [-0.39, 0.29) is 22.6 Å². The lowest BCUT2D eigenvalue weighted by Gasteiger charge is -2.37. The average molecular weight is 523 g/mol. The molecule has 1 atom stereocenters. The summed E-state index contributed by atoms with van der Waals surface area (Å²) in [5.41, 5.74) is -0.455. The number of hydrogen-bond donors (Lipinski definition) is 0. The van der Waals surface area contributed by atoms with Crippen LogP contribution in [0.4, 0.5) is 5.69 Å². The lowest BCUT2D eigenvalue weighted by atomic mass is 10.1. The number of anilines is 1. The quantitative estimate of drug-likeness (QED) is 0.440. The van der Waals surface area contributed by atoms with E-state index in [9.17, 15) is 22.8 Å². The average Bonchev–Trinajstić information content (AvgIpc) is 3.00. The number of carbonyl (C=O) groups is 3. The Morgan fingerprint density at radius 3 is 2.12 bits per heavy atom. The van der Waals surface area contributed by atoms with Crippen molar-refractivity contribution in [3.63, 3.8) is 0 Å². The Kier molecular flexibility index (Phi) is 6.60. The minimum Gasteiger partial charge on any atom is -0.465 e. The number of esters is 1. The Labute approximate surface area is 195 Å². The molecule has 2 amide bonds. The summed E-state index contributed by atoms with van der Waals surface area (Å²) in [6.45, 7) is 5.03. The normalized spacial score (nSPS) is 17.2. The van der Waals surface area contributed by atoms with E-state index in [1.54, 1.807) is 32.9 Å². The number of imide groups is 1. The molecule has 2 aromatic carbocycles. The molecule has 1 aliphatic heterocycles. The molecule has 1 fully saturated rings. The molecule has 1 saturated heterocycles. The highest BCUT2D eigenvalue weighted by Gasteiger charge is 2.50. The first kappa shape index (κ1) is 24.1. The smallest absolute Gasteiger partial charge is 0.337 e. The second-order valence-electron chi connectivity index (χ2n) is 8.25. The van der Waals surface area contributed by atoms with Gasteiger partial charge in [-0.2, -0.15) is 4.31 Å². The van der Waals surface area contributed by atoms with Crippen LogP contribution in [0, 0.1) is 0 Å². The Morgan fingerprint density at radius 2 is 1.62 bits per heavy atom. The van der Waals surface area contributed by atoms with E-state index in [1.165, 1.54) is 43.5 Å². The van der Waals surface area contributed by atoms with Gasteiger partial charge in [-0.15, -0.1) is 0 Å². The van der Waals surface area contributed by atoms with E-state index in [0.29, 0.717) is 4.47 Å². The molecule has 170 valence electrons. The largest absolute Gasteiger partial charge is 0.465 e. The highest BCUT2D eigenvalue weighted by atomic mass is 79.9. The van der Waals surface area contributed by atoms with Crippen LogP contribution in [-0.4, -0.2) is 49.2 Å². The van der Waals surface area contributed by atoms with Gasteiger partial charge in [0.05, 0.1) is 29.7 Å². The Balaban J connectivity index is 1.99. The van der Waals surface area contributed by atoms with Crippen LogP contribution in [0.1, 0.15) is 37.6 Å². The molecule has 0 aliphatic carbocycles. The molecule has 2 aromatic rings. The van der Waals surface area contributed by atoms with E-state index < -0.39 is 39.4 Å². The molecule has 3 rings (SSSR count). The summed E-state index contributed by atoms with van der Waals surface area (Å²) in [4.78, 5) is 38.7. The summed E-state index contributed by atoms with van der Waals surface area (Å²) in [6, 6.07) is 10.7. The van der Waals surface area contributed by atoms with Gasteiger partial charge in [-0.3, -0.25) is 9.59 Å². The number of ether oxygens (including phenoxy) is 1. The van der Waals surface area contributed by atoms with Crippen molar-refractivity contribution in [2.24, 2.45) is 0 Å². The summed E-state index contributed by atoms with van der Waals surface area (Å²) >= 11 is 3.28. The van der Waals surface area contributed by atoms with Crippen molar-refractivity contribution in [1.29, 1.82) is 0 Å². The van der Waals surface area contributed by atoms with Gasteiger partial charge in [0, 0.05) is 10.0 Å². The number of rotatable bonds is 5. The van der Waals surface area contributed by atoms with Gasteiger partial charge in [0.25, 0.3) is 5.91 Å². The first-order valence-corrected chi connectivity index (χ1v) is 12.0. The van der Waals surface area contributed by atoms with E-state index in [2.05, 4.69) is 20.7 Å². The second kappa shape index (κ2) is 8.76. The maximum Gasteiger partial charge on any atom is 0.337 e. The van der Waals surface area contributed by atoms with Gasteiger partial charge in [-0.1, -0.05) is 15.9 Å². The van der Waals surface area contributed by atoms with E-state index >= 15 is 0 Å². The van der Waals surface area contributed by atoms with Crippen LogP contribution in [0.15, 0.2) is 57.9 Å². The number of halogens is 1. The molecular formula is C22H23BrN2O6S. The van der Waals surface area contributed by atoms with Crippen LogP contribution in [0.5, 0.6) is 0 Å². The number of methoxy groups -OCH3 is 1. The van der Waals surface area contributed by atoms with Gasteiger partial charge < -0.3 is 4.74 Å². The molecule has 0 saturated carbocycles. The second-order valence-corrected chi connectivity index (χ2v) is 11.0. The third-order valence-corrected chi connectivity index (χ3v) is 7.70. The molecule has 8 nitrogen and oxygen atoms in total. The van der Waals surface area contributed by atoms with Gasteiger partial charge in [-0.25, -0.2) is 18.1 Å². The Hall–Kier alpha value is -2.56. The topological polar surface area (TPSA) is 101 Å². The van der Waals surface area contributed by atoms with Crippen LogP contribution >= 0.6 is 15.9 Å². The molecular weight excluding hydrogens is 500 g/mol. The van der Waals surface area contributed by atoms with Gasteiger partial charge in [-0.05, 0) is 69.3 Å². The van der Waals surface area contributed by atoms with Crippen LogP contribution in [0.2, 0.25) is 0 Å². The molecule has 1 unspecified atom stereocenters. The van der Waals surface area contributed by atoms with Crippen LogP contribution in [0.25, 0.3) is 0 Å². The molecule has 1 heterocycles. The molecule has 0 aromatic heterocycles. The van der Waals surface area contributed by atoms with Crippen molar-refractivity contribution >= 4 is 49.4 Å². The monoisotopic (exact) mass is 522 g/mol. The van der Waals surface area contributed by atoms with Crippen LogP contribution in [0.3, 0.4) is 0 Å². The zero-order chi connectivity index (χ0) is 23.8. The first-order valence-electron chi connectivity index (χ1n) is 9.73.